The van der Waals surface area contributed by atoms with Gasteiger partial charge in [0.25, 0.3) is 0 Å². The van der Waals surface area contributed by atoms with E-state index in [1.54, 1.807) is 11.7 Å². The summed E-state index contributed by atoms with van der Waals surface area (Å²) in [6, 6.07) is 3.42. The minimum atomic E-state index is -1.26. The third-order valence-electron chi connectivity index (χ3n) is 3.54. The molecule has 2 aromatic rings. The molecule has 0 aliphatic carbocycles. The van der Waals surface area contributed by atoms with Crippen LogP contribution in [0.5, 0.6) is 0 Å². The number of hydrogen-bond acceptors (Lipinski definition) is 3. The number of thiazole rings is 1. The maximum Gasteiger partial charge on any atom is 0.129 e. The first-order valence-electron chi connectivity index (χ1n) is 6.29. The third-order valence-corrected chi connectivity index (χ3v) is 4.47. The predicted octanol–water partition coefficient (Wildman–Crippen LogP) is 3.90. The highest BCUT2D eigenvalue weighted by atomic mass is 32.1. The molecular weight excluding hydrogens is 280 g/mol. The summed E-state index contributed by atoms with van der Waals surface area (Å²) in [5.74, 6) is -1.26. The Morgan fingerprint density at radius 3 is 2.45 bits per heavy atom. The van der Waals surface area contributed by atoms with Crippen LogP contribution in [-0.4, -0.2) is 10.1 Å². The van der Waals surface area contributed by atoms with E-state index in [0.717, 1.165) is 6.07 Å². The van der Waals surface area contributed by atoms with E-state index in [9.17, 15) is 13.9 Å². The second-order valence-electron chi connectivity index (χ2n) is 5.89. The predicted molar refractivity (Wildman–Crippen MR) is 75.5 cm³/mol. The van der Waals surface area contributed by atoms with Crippen LogP contribution in [-0.2, 0) is 12.0 Å². The molecule has 1 atom stereocenters. The Labute approximate surface area is 121 Å². The summed E-state index contributed by atoms with van der Waals surface area (Å²) in [6.45, 7) is 5.65. The Balaban J connectivity index is 2.44. The largest absolute Gasteiger partial charge is 0.383 e. The zero-order chi connectivity index (χ0) is 15.0. The fourth-order valence-electron chi connectivity index (χ4n) is 2.08. The second kappa shape index (κ2) is 5.22. The number of nitrogens with zero attached hydrogens (tertiary/aromatic N) is 1. The zero-order valence-corrected chi connectivity index (χ0v) is 12.5. The number of benzene rings is 1. The second-order valence-corrected chi connectivity index (χ2v) is 6.77. The van der Waals surface area contributed by atoms with Crippen molar-refractivity contribution in [2.24, 2.45) is 5.41 Å². The minimum absolute atomic E-state index is 0.0742. The van der Waals surface area contributed by atoms with E-state index in [-0.39, 0.29) is 12.0 Å². The van der Waals surface area contributed by atoms with E-state index in [2.05, 4.69) is 4.98 Å². The van der Waals surface area contributed by atoms with Crippen molar-refractivity contribution in [3.8, 4) is 0 Å². The highest BCUT2D eigenvalue weighted by molar-refractivity contribution is 7.09. The molecule has 1 aromatic heterocycles. The molecule has 1 aromatic carbocycles. The molecule has 1 heterocycles. The molecule has 0 amide bonds. The summed E-state index contributed by atoms with van der Waals surface area (Å²) in [4.78, 5) is 4.66. The monoisotopic (exact) mass is 297 g/mol. The lowest BCUT2D eigenvalue weighted by atomic mass is 9.72. The lowest BCUT2D eigenvalue weighted by molar-refractivity contribution is -0.0615. The molecule has 0 saturated heterocycles. The van der Waals surface area contributed by atoms with Crippen LogP contribution < -0.4 is 0 Å². The Hall–Kier alpha value is -1.33. The van der Waals surface area contributed by atoms with Crippen molar-refractivity contribution in [2.75, 3.05) is 0 Å². The molecule has 2 rings (SSSR count). The van der Waals surface area contributed by atoms with Crippen LogP contribution in [0.1, 0.15) is 31.2 Å². The van der Waals surface area contributed by atoms with Crippen molar-refractivity contribution in [1.29, 1.82) is 0 Å². The van der Waals surface area contributed by atoms with E-state index in [1.165, 1.54) is 23.5 Å². The topological polar surface area (TPSA) is 33.1 Å². The van der Waals surface area contributed by atoms with Gasteiger partial charge >= 0.3 is 0 Å². The first kappa shape index (κ1) is 15.1. The lowest BCUT2D eigenvalue weighted by Crippen LogP contribution is -2.41. The number of aromatic nitrogens is 1. The van der Waals surface area contributed by atoms with Gasteiger partial charge in [-0.25, -0.2) is 8.78 Å². The molecule has 1 N–H and O–H groups in total. The van der Waals surface area contributed by atoms with Crippen LogP contribution in [0.25, 0.3) is 0 Å². The Morgan fingerprint density at radius 2 is 1.95 bits per heavy atom. The third kappa shape index (κ3) is 2.74. The summed E-state index contributed by atoms with van der Waals surface area (Å²) in [6.07, 6.45) is 1.67. The minimum Gasteiger partial charge on any atom is -0.383 e. The molecule has 1 unspecified atom stereocenters. The van der Waals surface area contributed by atoms with Crippen LogP contribution in [0.4, 0.5) is 8.78 Å². The fourth-order valence-corrected chi connectivity index (χ4v) is 3.01. The van der Waals surface area contributed by atoms with Gasteiger partial charge in [-0.05, 0) is 17.0 Å². The summed E-state index contributed by atoms with van der Waals surface area (Å²) in [5, 5.41) is 11.1. The van der Waals surface area contributed by atoms with Gasteiger partial charge in [-0.1, -0.05) is 26.8 Å². The normalized spacial score (nSPS) is 15.1. The van der Waals surface area contributed by atoms with Crippen molar-refractivity contribution >= 4 is 11.3 Å². The highest BCUT2D eigenvalue weighted by Gasteiger charge is 2.43. The van der Waals surface area contributed by atoms with Crippen molar-refractivity contribution in [2.45, 2.75) is 32.8 Å². The van der Waals surface area contributed by atoms with Crippen molar-refractivity contribution in [1.82, 2.24) is 4.98 Å². The lowest BCUT2D eigenvalue weighted by Gasteiger charge is -2.39. The summed E-state index contributed by atoms with van der Waals surface area (Å²) >= 11 is 1.33. The Morgan fingerprint density at radius 1 is 1.25 bits per heavy atom. The van der Waals surface area contributed by atoms with Crippen LogP contribution in [0.2, 0.25) is 0 Å². The van der Waals surface area contributed by atoms with E-state index < -0.39 is 22.7 Å². The van der Waals surface area contributed by atoms with Gasteiger partial charge in [0.05, 0.1) is 10.4 Å². The molecule has 5 heteroatoms. The summed E-state index contributed by atoms with van der Waals surface area (Å²) in [5.41, 5.74) is 0.150. The fraction of sp³-hybridized carbons (Fsp3) is 0.400. The van der Waals surface area contributed by atoms with Crippen LogP contribution in [0.15, 0.2) is 29.9 Å². The average Bonchev–Trinajstić information content (AvgIpc) is 2.85. The maximum atomic E-state index is 13.8. The van der Waals surface area contributed by atoms with Gasteiger partial charge < -0.3 is 5.11 Å². The average molecular weight is 297 g/mol. The molecule has 20 heavy (non-hydrogen) atoms. The van der Waals surface area contributed by atoms with Crippen molar-refractivity contribution in [3.63, 3.8) is 0 Å². The molecular formula is C15H17F2NOS. The van der Waals surface area contributed by atoms with E-state index in [1.807, 2.05) is 20.8 Å². The molecule has 0 saturated carbocycles. The molecule has 0 fully saturated rings. The SMILES string of the molecule is CC(C)(C)C(O)(Cc1ccc(F)cc1F)c1cncs1. The molecule has 0 radical (unpaired) electrons. The van der Waals surface area contributed by atoms with Crippen LogP contribution in [0, 0.1) is 17.0 Å². The molecule has 0 spiro atoms. The van der Waals surface area contributed by atoms with Crippen LogP contribution in [0.3, 0.4) is 0 Å². The molecule has 2 nitrogen and oxygen atoms in total. The standard InChI is InChI=1S/C15H17F2NOS/c1-14(2,3)15(19,13-8-18-9-20-13)7-10-4-5-11(16)6-12(10)17/h4-6,8-9,19H,7H2,1-3H3. The van der Waals surface area contributed by atoms with Gasteiger partial charge in [-0.3, -0.25) is 4.98 Å². The smallest absolute Gasteiger partial charge is 0.129 e. The maximum absolute atomic E-state index is 13.8. The van der Waals surface area contributed by atoms with Crippen molar-refractivity contribution in [3.05, 3.63) is 52.0 Å². The number of aliphatic hydroxyl groups is 1. The summed E-state index contributed by atoms with van der Waals surface area (Å²) < 4.78 is 26.8. The van der Waals surface area contributed by atoms with Gasteiger partial charge in [-0.15, -0.1) is 11.3 Å². The number of rotatable bonds is 3. The zero-order valence-electron chi connectivity index (χ0n) is 11.7. The highest BCUT2D eigenvalue weighted by Crippen LogP contribution is 2.43. The van der Waals surface area contributed by atoms with E-state index in [4.69, 9.17) is 0 Å². The van der Waals surface area contributed by atoms with E-state index >= 15 is 0 Å². The molecule has 0 bridgehead atoms. The number of halogens is 2. The van der Waals surface area contributed by atoms with Gasteiger partial charge in [0.2, 0.25) is 0 Å². The molecule has 0 aliphatic rings. The molecule has 0 aliphatic heterocycles. The van der Waals surface area contributed by atoms with Gasteiger partial charge in [0, 0.05) is 18.7 Å². The first-order chi connectivity index (χ1) is 9.24. The van der Waals surface area contributed by atoms with Crippen molar-refractivity contribution < 1.29 is 13.9 Å². The van der Waals surface area contributed by atoms with Gasteiger partial charge in [-0.2, -0.15) is 0 Å². The van der Waals surface area contributed by atoms with Gasteiger partial charge in [0.15, 0.2) is 0 Å². The number of hydrogen-bond donors (Lipinski definition) is 1. The van der Waals surface area contributed by atoms with Crippen LogP contribution >= 0.6 is 11.3 Å². The van der Waals surface area contributed by atoms with E-state index in [0.29, 0.717) is 4.88 Å². The Bertz CT molecular complexity index is 592. The quantitative estimate of drug-likeness (QED) is 0.932. The van der Waals surface area contributed by atoms with Gasteiger partial charge in [0.1, 0.15) is 17.2 Å². The summed E-state index contributed by atoms with van der Waals surface area (Å²) in [7, 11) is 0. The first-order valence-corrected chi connectivity index (χ1v) is 7.17. The Kier molecular flexibility index (Phi) is 3.93. The molecule has 108 valence electrons.